The van der Waals surface area contributed by atoms with Gasteiger partial charge in [-0.05, 0) is 44.4 Å². The molecule has 1 fully saturated rings. The van der Waals surface area contributed by atoms with Crippen molar-refractivity contribution in [3.8, 4) is 0 Å². The summed E-state index contributed by atoms with van der Waals surface area (Å²) in [5.74, 6) is -6.58. The first kappa shape index (κ1) is 48.4. The Kier molecular flexibility index (Phi) is 20.3. The van der Waals surface area contributed by atoms with E-state index < -0.39 is 111 Å². The van der Waals surface area contributed by atoms with Crippen LogP contribution in [0.15, 0.2) is 0 Å². The molecule has 1 aliphatic rings. The zero-order chi connectivity index (χ0) is 41.5. The van der Waals surface area contributed by atoms with Gasteiger partial charge in [0, 0.05) is 12.3 Å². The number of aldehydes is 1. The third kappa shape index (κ3) is 16.4. The maximum absolute atomic E-state index is 13.8. The van der Waals surface area contributed by atoms with Crippen molar-refractivity contribution in [2.24, 2.45) is 23.3 Å². The fourth-order valence-electron chi connectivity index (χ4n) is 5.55. The highest BCUT2D eigenvalue weighted by Crippen LogP contribution is 2.38. The van der Waals surface area contributed by atoms with Crippen molar-refractivity contribution in [2.75, 3.05) is 18.9 Å². The number of nitrogens with one attached hydrogen (secondary N) is 5. The summed E-state index contributed by atoms with van der Waals surface area (Å²) in [6.07, 6.45) is -1.10. The molecule has 1 saturated heterocycles. The second kappa shape index (κ2) is 22.7. The largest absolute Gasteiger partial charge is 0.469 e. The van der Waals surface area contributed by atoms with Gasteiger partial charge in [-0.15, -0.1) is 0 Å². The molecule has 7 amide bonds. The first-order valence-electron chi connectivity index (χ1n) is 17.3. The number of rotatable bonds is 23. The molecule has 0 aromatic heterocycles. The van der Waals surface area contributed by atoms with E-state index in [4.69, 9.17) is 11.5 Å². The maximum Gasteiger partial charge on any atom is 0.469 e. The number of nitrogens with two attached hydrogens (primary N) is 2. The molecule has 54 heavy (non-hydrogen) atoms. The average Bonchev–Trinajstić information content (AvgIpc) is 3.56. The number of aliphatic hydroxyl groups is 1. The Morgan fingerprint density at radius 3 is 1.91 bits per heavy atom. The minimum atomic E-state index is -5.27. The van der Waals surface area contributed by atoms with E-state index in [0.29, 0.717) is 6.42 Å². The lowest BCUT2D eigenvalue weighted by Crippen LogP contribution is -2.62. The Balaban J connectivity index is 3.21. The molecular weight excluding hydrogens is 755 g/mol. The quantitative estimate of drug-likeness (QED) is 0.0269. The second-order valence-electron chi connectivity index (χ2n) is 13.8. The lowest BCUT2D eigenvalue weighted by atomic mass is 10.0. The molecule has 0 aromatic rings. The lowest BCUT2D eigenvalue weighted by molar-refractivity contribution is -0.144. The number of primary amides is 1. The van der Waals surface area contributed by atoms with Crippen LogP contribution in [0.2, 0.25) is 0 Å². The number of hydrogen-bond donors (Lipinski definition) is 11. The number of aliphatic hydroxyl groups excluding tert-OH is 1. The molecule has 308 valence electrons. The van der Waals surface area contributed by atoms with Gasteiger partial charge in [0.25, 0.3) is 0 Å². The number of hydrogen-bond acceptors (Lipinski definition) is 13. The molecule has 0 aromatic carbocycles. The highest BCUT2D eigenvalue weighted by Gasteiger charge is 2.42. The summed E-state index contributed by atoms with van der Waals surface area (Å²) in [4.78, 5) is 122. The summed E-state index contributed by atoms with van der Waals surface area (Å²) in [6, 6.07) is -9.61. The van der Waals surface area contributed by atoms with Gasteiger partial charge in [0.1, 0.15) is 36.5 Å². The molecule has 1 heterocycles. The van der Waals surface area contributed by atoms with Crippen molar-refractivity contribution in [3.63, 3.8) is 0 Å². The van der Waals surface area contributed by atoms with Gasteiger partial charge < -0.3 is 62.6 Å². The van der Waals surface area contributed by atoms with Crippen LogP contribution in [0.5, 0.6) is 0 Å². The number of carbonyl (C=O) groups is 8. The van der Waals surface area contributed by atoms with E-state index in [-0.39, 0.29) is 49.7 Å². The summed E-state index contributed by atoms with van der Waals surface area (Å²) < 4.78 is 16.4. The van der Waals surface area contributed by atoms with Crippen LogP contribution < -0.4 is 38.1 Å². The number of amides is 7. The molecule has 12 N–H and O–H groups in total. The fourth-order valence-corrected chi connectivity index (χ4v) is 6.36. The predicted octanol–water partition coefficient (Wildman–Crippen LogP) is -3.68. The molecule has 1 rings (SSSR count). The average molecular weight is 811 g/mol. The first-order valence-corrected chi connectivity index (χ1v) is 19.5. The number of carbonyl (C=O) groups excluding carboxylic acids is 8. The van der Waals surface area contributed by atoms with Gasteiger partial charge in [0.2, 0.25) is 41.4 Å². The second-order valence-corrected chi connectivity index (χ2v) is 15.4. The van der Waals surface area contributed by atoms with Gasteiger partial charge in [-0.1, -0.05) is 27.7 Å². The molecular formula is C31H55N8O13PS. The molecule has 0 bridgehead atoms. The smallest absolute Gasteiger partial charge is 0.394 e. The molecule has 8 atom stereocenters. The topological polar surface area (TPSA) is 339 Å². The van der Waals surface area contributed by atoms with Gasteiger partial charge in [0.15, 0.2) is 0 Å². The standard InChI is InChI=1S/C31H55N8O13PS/c1-15(2)9-19(32)26(43)35-20(10-16(3)4)27(44)37-22(14-54)29(46)36-21(13-41)28(45)38-25(17(5)52-53(49,50)51)31(48)39-8-6-7-23(39)30(47)34-18(12-40)11-24(33)42/h12,15-23,25,41,54H,6-11,13-14,32H2,1-5H3,(H2,33,42)(H,34,47)(H,35,43)(H,36,46)(H,37,44)(H,38,45)(H2,49,50,51)/t17-,18+,19+,20+,21+,22+,23+,25+/m1/s1. The number of thiol groups is 1. The monoisotopic (exact) mass is 810 g/mol. The highest BCUT2D eigenvalue weighted by atomic mass is 32.1. The SMILES string of the molecule is CC(C)C[C@H](NC(=O)[C@@H](N)CC(C)C)C(=O)N[C@@H](CS)C(=O)N[C@@H](CO)C(=O)N[C@H](C(=O)N1CCC[C@H]1C(=O)N[C@H](C=O)CC(N)=O)[C@@H](C)OP(=O)(O)O. The van der Waals surface area contributed by atoms with Crippen LogP contribution in [0.25, 0.3) is 0 Å². The Hall–Kier alpha value is -3.66. The van der Waals surface area contributed by atoms with E-state index in [1.807, 2.05) is 27.7 Å². The minimum absolute atomic E-state index is 0.0685. The molecule has 0 radical (unpaired) electrons. The third-order valence-corrected chi connectivity index (χ3v) is 9.09. The Morgan fingerprint density at radius 1 is 0.870 bits per heavy atom. The van der Waals surface area contributed by atoms with Crippen LogP contribution in [0.3, 0.4) is 0 Å². The summed E-state index contributed by atoms with van der Waals surface area (Å²) >= 11 is 4.12. The summed E-state index contributed by atoms with van der Waals surface area (Å²) in [5.41, 5.74) is 11.1. The Morgan fingerprint density at radius 2 is 1.41 bits per heavy atom. The van der Waals surface area contributed by atoms with Crippen molar-refractivity contribution in [3.05, 3.63) is 0 Å². The van der Waals surface area contributed by atoms with Crippen LogP contribution >= 0.6 is 20.5 Å². The summed E-state index contributed by atoms with van der Waals surface area (Å²) in [7, 11) is -5.27. The fraction of sp³-hybridized carbons (Fsp3) is 0.742. The normalized spacial score (nSPS) is 18.4. The van der Waals surface area contributed by atoms with Crippen LogP contribution in [0.4, 0.5) is 0 Å². The summed E-state index contributed by atoms with van der Waals surface area (Å²) in [6.45, 7) is 7.30. The van der Waals surface area contributed by atoms with Gasteiger partial charge in [0.05, 0.1) is 31.2 Å². The van der Waals surface area contributed by atoms with E-state index in [9.17, 15) is 57.8 Å². The number of phosphoric ester groups is 1. The van der Waals surface area contributed by atoms with Crippen molar-refractivity contribution < 1.29 is 62.3 Å². The van der Waals surface area contributed by atoms with E-state index in [2.05, 4.69) is 43.7 Å². The van der Waals surface area contributed by atoms with E-state index in [0.717, 1.165) is 11.8 Å². The van der Waals surface area contributed by atoms with Gasteiger partial charge >= 0.3 is 7.82 Å². The molecule has 0 spiro atoms. The molecule has 23 heteroatoms. The van der Waals surface area contributed by atoms with Crippen LogP contribution in [0, 0.1) is 11.8 Å². The highest BCUT2D eigenvalue weighted by molar-refractivity contribution is 7.80. The molecule has 21 nitrogen and oxygen atoms in total. The van der Waals surface area contributed by atoms with Crippen molar-refractivity contribution in [1.82, 2.24) is 31.5 Å². The van der Waals surface area contributed by atoms with E-state index in [1.54, 1.807) is 0 Å². The first-order chi connectivity index (χ1) is 25.0. The van der Waals surface area contributed by atoms with E-state index >= 15 is 0 Å². The predicted molar refractivity (Wildman–Crippen MR) is 195 cm³/mol. The van der Waals surface area contributed by atoms with E-state index in [1.165, 1.54) is 0 Å². The number of likely N-dealkylation sites (tertiary alicyclic amines) is 1. The number of phosphoric acid groups is 1. The van der Waals surface area contributed by atoms with Crippen molar-refractivity contribution in [2.45, 2.75) is 115 Å². The van der Waals surface area contributed by atoms with Gasteiger partial charge in [-0.25, -0.2) is 4.57 Å². The Bertz CT molecular complexity index is 1400. The molecule has 1 aliphatic heterocycles. The zero-order valence-electron chi connectivity index (χ0n) is 30.9. The molecule has 0 aliphatic carbocycles. The van der Waals surface area contributed by atoms with Crippen LogP contribution in [-0.2, 0) is 47.4 Å². The maximum atomic E-state index is 13.8. The van der Waals surface area contributed by atoms with Crippen molar-refractivity contribution in [1.29, 1.82) is 0 Å². The Labute approximate surface area is 318 Å². The lowest BCUT2D eigenvalue weighted by Gasteiger charge is -2.32. The molecule has 0 saturated carbocycles. The van der Waals surface area contributed by atoms with Crippen molar-refractivity contribution >= 4 is 68.1 Å². The van der Waals surface area contributed by atoms with Gasteiger partial charge in [-0.3, -0.25) is 38.1 Å². The van der Waals surface area contributed by atoms with Gasteiger partial charge in [-0.2, -0.15) is 12.6 Å². The van der Waals surface area contributed by atoms with Crippen LogP contribution in [0.1, 0.15) is 66.7 Å². The molecule has 0 unspecified atom stereocenters. The zero-order valence-corrected chi connectivity index (χ0v) is 32.7. The minimum Gasteiger partial charge on any atom is -0.394 e. The third-order valence-electron chi connectivity index (χ3n) is 8.12. The number of nitrogens with zero attached hydrogens (tertiary/aromatic N) is 1. The summed E-state index contributed by atoms with van der Waals surface area (Å²) in [5, 5.41) is 21.8. The van der Waals surface area contributed by atoms with Crippen LogP contribution in [-0.4, -0.2) is 135 Å².